The van der Waals surface area contributed by atoms with Gasteiger partial charge in [0.15, 0.2) is 5.75 Å². The van der Waals surface area contributed by atoms with Gasteiger partial charge in [-0.2, -0.15) is 0 Å². The number of rotatable bonds is 6. The number of benzene rings is 4. The minimum absolute atomic E-state index is 0.0299. The molecule has 0 saturated heterocycles. The standard InChI is InChI=1S/C27H18Cl2O6S/c1-17-10-13-19(14-11-17)36(32,33)25-16-18(34-26(30)20-6-2-4-8-22(20)28)12-15-24(25)35-27(31)21-7-3-5-9-23(21)29/h2-16H,1H3. The van der Waals surface area contributed by atoms with Crippen molar-refractivity contribution in [3.05, 3.63) is 118 Å². The zero-order chi connectivity index (χ0) is 25.9. The number of aryl methyl sites for hydroxylation is 1. The summed E-state index contributed by atoms with van der Waals surface area (Å²) >= 11 is 12.2. The maximum Gasteiger partial charge on any atom is 0.345 e. The van der Waals surface area contributed by atoms with Crippen LogP contribution in [0.1, 0.15) is 26.3 Å². The molecular formula is C27H18Cl2O6S. The van der Waals surface area contributed by atoms with Crippen LogP contribution >= 0.6 is 23.2 Å². The Morgan fingerprint density at radius 1 is 0.694 bits per heavy atom. The highest BCUT2D eigenvalue weighted by molar-refractivity contribution is 7.91. The molecule has 182 valence electrons. The van der Waals surface area contributed by atoms with E-state index >= 15 is 0 Å². The lowest BCUT2D eigenvalue weighted by atomic mass is 10.2. The molecule has 0 aliphatic heterocycles. The van der Waals surface area contributed by atoms with Gasteiger partial charge in [0.25, 0.3) is 0 Å². The number of hydrogen-bond acceptors (Lipinski definition) is 6. The molecule has 0 unspecified atom stereocenters. The molecule has 4 aromatic carbocycles. The van der Waals surface area contributed by atoms with E-state index in [9.17, 15) is 18.0 Å². The number of hydrogen-bond donors (Lipinski definition) is 0. The van der Waals surface area contributed by atoms with E-state index in [2.05, 4.69) is 0 Å². The Balaban J connectivity index is 1.76. The summed E-state index contributed by atoms with van der Waals surface area (Å²) in [7, 11) is -4.18. The van der Waals surface area contributed by atoms with Gasteiger partial charge in [0, 0.05) is 6.07 Å². The van der Waals surface area contributed by atoms with Gasteiger partial charge in [-0.05, 0) is 55.5 Å². The highest BCUT2D eigenvalue weighted by Gasteiger charge is 2.26. The van der Waals surface area contributed by atoms with Gasteiger partial charge < -0.3 is 9.47 Å². The average Bonchev–Trinajstić information content (AvgIpc) is 2.85. The predicted octanol–water partition coefficient (Wildman–Crippen LogP) is 6.57. The number of ether oxygens (including phenoxy) is 2. The largest absolute Gasteiger partial charge is 0.423 e. The summed E-state index contributed by atoms with van der Waals surface area (Å²) in [5, 5.41) is 0.330. The summed E-state index contributed by atoms with van der Waals surface area (Å²) in [5.74, 6) is -1.96. The van der Waals surface area contributed by atoms with E-state index in [1.54, 1.807) is 36.4 Å². The number of carbonyl (C=O) groups excluding carboxylic acids is 2. The summed E-state index contributed by atoms with van der Waals surface area (Å²) in [6.45, 7) is 1.82. The molecule has 0 saturated carbocycles. The van der Waals surface area contributed by atoms with Gasteiger partial charge in [-0.3, -0.25) is 0 Å². The Morgan fingerprint density at radius 2 is 1.22 bits per heavy atom. The molecule has 4 aromatic rings. The lowest BCUT2D eigenvalue weighted by molar-refractivity contribution is 0.0715. The van der Waals surface area contributed by atoms with E-state index < -0.39 is 21.8 Å². The highest BCUT2D eigenvalue weighted by atomic mass is 35.5. The van der Waals surface area contributed by atoms with Crippen LogP contribution in [0, 0.1) is 6.92 Å². The molecule has 0 aliphatic rings. The second kappa shape index (κ2) is 10.5. The van der Waals surface area contributed by atoms with Crippen molar-refractivity contribution in [3.63, 3.8) is 0 Å². The first-order valence-electron chi connectivity index (χ1n) is 10.6. The lowest BCUT2D eigenvalue weighted by Gasteiger charge is -2.14. The second-order valence-corrected chi connectivity index (χ2v) is 10.4. The van der Waals surface area contributed by atoms with Crippen LogP contribution < -0.4 is 9.47 Å². The van der Waals surface area contributed by atoms with Gasteiger partial charge in [-0.25, -0.2) is 18.0 Å². The van der Waals surface area contributed by atoms with Gasteiger partial charge in [-0.15, -0.1) is 0 Å². The smallest absolute Gasteiger partial charge is 0.345 e. The van der Waals surface area contributed by atoms with Crippen molar-refractivity contribution < 1.29 is 27.5 Å². The summed E-state index contributed by atoms with van der Waals surface area (Å²) in [6.07, 6.45) is 0. The molecule has 9 heteroatoms. The van der Waals surface area contributed by atoms with Gasteiger partial charge >= 0.3 is 11.9 Å². The van der Waals surface area contributed by atoms with Gasteiger partial charge in [0.2, 0.25) is 9.84 Å². The molecule has 0 radical (unpaired) electrons. The zero-order valence-electron chi connectivity index (χ0n) is 18.8. The number of esters is 2. The topological polar surface area (TPSA) is 86.7 Å². The first-order valence-corrected chi connectivity index (χ1v) is 12.8. The molecule has 0 heterocycles. The highest BCUT2D eigenvalue weighted by Crippen LogP contribution is 2.34. The molecule has 0 bridgehead atoms. The zero-order valence-corrected chi connectivity index (χ0v) is 21.1. The maximum atomic E-state index is 13.5. The fourth-order valence-electron chi connectivity index (χ4n) is 3.26. The Kier molecular flexibility index (Phi) is 7.45. The van der Waals surface area contributed by atoms with Crippen molar-refractivity contribution in [3.8, 4) is 11.5 Å². The third-order valence-corrected chi connectivity index (χ3v) is 7.59. The van der Waals surface area contributed by atoms with Crippen LogP contribution in [0.5, 0.6) is 11.5 Å². The third-order valence-electron chi connectivity index (χ3n) is 5.14. The van der Waals surface area contributed by atoms with Crippen molar-refractivity contribution in [2.75, 3.05) is 0 Å². The minimum Gasteiger partial charge on any atom is -0.423 e. The SMILES string of the molecule is Cc1ccc(S(=O)(=O)c2cc(OC(=O)c3ccccc3Cl)ccc2OC(=O)c2ccccc2Cl)cc1. The molecule has 0 spiro atoms. The molecule has 4 rings (SSSR count). The Labute approximate surface area is 217 Å². The normalized spacial score (nSPS) is 11.1. The van der Waals surface area contributed by atoms with Crippen LogP contribution in [0.2, 0.25) is 10.0 Å². The Bertz CT molecular complexity index is 1560. The van der Waals surface area contributed by atoms with E-state index in [-0.39, 0.29) is 42.5 Å². The molecule has 0 atom stereocenters. The molecule has 36 heavy (non-hydrogen) atoms. The fraction of sp³-hybridized carbons (Fsp3) is 0.0370. The Morgan fingerprint density at radius 3 is 1.78 bits per heavy atom. The second-order valence-electron chi connectivity index (χ2n) is 7.66. The predicted molar refractivity (Wildman–Crippen MR) is 136 cm³/mol. The van der Waals surface area contributed by atoms with Crippen LogP contribution in [0.3, 0.4) is 0 Å². The molecule has 0 aromatic heterocycles. The third kappa shape index (κ3) is 5.44. The van der Waals surface area contributed by atoms with Crippen LogP contribution in [-0.2, 0) is 9.84 Å². The fourth-order valence-corrected chi connectivity index (χ4v) is 5.08. The van der Waals surface area contributed by atoms with E-state index in [0.717, 1.165) is 11.6 Å². The quantitative estimate of drug-likeness (QED) is 0.203. The number of sulfone groups is 1. The minimum atomic E-state index is -4.18. The summed E-state index contributed by atoms with van der Waals surface area (Å²) in [4.78, 5) is 25.0. The molecular weight excluding hydrogens is 523 g/mol. The first-order chi connectivity index (χ1) is 17.2. The molecule has 0 amide bonds. The van der Waals surface area contributed by atoms with Crippen molar-refractivity contribution in [1.82, 2.24) is 0 Å². The summed E-state index contributed by atoms with van der Waals surface area (Å²) < 4.78 is 37.9. The molecule has 0 aliphatic carbocycles. The lowest BCUT2D eigenvalue weighted by Crippen LogP contribution is -2.14. The van der Waals surface area contributed by atoms with Crippen molar-refractivity contribution in [2.24, 2.45) is 0 Å². The Hall–Kier alpha value is -3.65. The first kappa shape index (κ1) is 25.4. The van der Waals surface area contributed by atoms with Crippen molar-refractivity contribution in [1.29, 1.82) is 0 Å². The molecule has 6 nitrogen and oxygen atoms in total. The maximum absolute atomic E-state index is 13.5. The van der Waals surface area contributed by atoms with Crippen LogP contribution in [-0.4, -0.2) is 20.4 Å². The van der Waals surface area contributed by atoms with Gasteiger partial charge in [-0.1, -0.05) is 65.2 Å². The number of halogens is 2. The van der Waals surface area contributed by atoms with E-state index in [1.165, 1.54) is 48.5 Å². The van der Waals surface area contributed by atoms with Gasteiger partial charge in [0.1, 0.15) is 10.6 Å². The molecule has 0 fully saturated rings. The van der Waals surface area contributed by atoms with E-state index in [4.69, 9.17) is 32.7 Å². The van der Waals surface area contributed by atoms with E-state index in [0.29, 0.717) is 0 Å². The van der Waals surface area contributed by atoms with Crippen LogP contribution in [0.15, 0.2) is 101 Å². The average molecular weight is 541 g/mol. The molecule has 0 N–H and O–H groups in total. The van der Waals surface area contributed by atoms with Crippen LogP contribution in [0.4, 0.5) is 0 Å². The van der Waals surface area contributed by atoms with Crippen molar-refractivity contribution in [2.45, 2.75) is 16.7 Å². The van der Waals surface area contributed by atoms with Crippen molar-refractivity contribution >= 4 is 45.0 Å². The number of carbonyl (C=O) groups is 2. The monoisotopic (exact) mass is 540 g/mol. The summed E-state index contributed by atoms with van der Waals surface area (Å²) in [5.41, 5.74) is 1.03. The summed E-state index contributed by atoms with van der Waals surface area (Å²) in [6, 6.07) is 22.3. The van der Waals surface area contributed by atoms with E-state index in [1.807, 2.05) is 6.92 Å². The van der Waals surface area contributed by atoms with Gasteiger partial charge in [0.05, 0.1) is 26.1 Å². The van der Waals surface area contributed by atoms with Crippen LogP contribution in [0.25, 0.3) is 0 Å².